The molecular formula is C17H16N2O4S2. The molecule has 0 radical (unpaired) electrons. The molecule has 4 N–H and O–H groups in total. The highest BCUT2D eigenvalue weighted by molar-refractivity contribution is 8.03. The predicted octanol–water partition coefficient (Wildman–Crippen LogP) is 3.02. The molecule has 0 atom stereocenters. The topological polar surface area (TPSA) is 109 Å². The van der Waals surface area contributed by atoms with Gasteiger partial charge in [-0.25, -0.2) is 13.2 Å². The summed E-state index contributed by atoms with van der Waals surface area (Å²) in [6.45, 7) is 0. The van der Waals surface area contributed by atoms with Gasteiger partial charge in [-0.2, -0.15) is 0 Å². The molecule has 2 aromatic carbocycles. The molecule has 0 aromatic heterocycles. The zero-order valence-electron chi connectivity index (χ0n) is 13.1. The number of hydrogen-bond donors (Lipinski definition) is 3. The van der Waals surface area contributed by atoms with E-state index in [4.69, 9.17) is 10.8 Å². The molecule has 3 rings (SSSR count). The van der Waals surface area contributed by atoms with Crippen LogP contribution in [0.5, 0.6) is 0 Å². The number of fused-ring (bicyclic) bond motifs is 1. The molecule has 0 saturated heterocycles. The van der Waals surface area contributed by atoms with E-state index in [1.807, 2.05) is 12.1 Å². The van der Waals surface area contributed by atoms with Gasteiger partial charge in [-0.3, -0.25) is 4.72 Å². The van der Waals surface area contributed by atoms with Crippen molar-refractivity contribution in [2.45, 2.75) is 22.6 Å². The van der Waals surface area contributed by atoms with Crippen molar-refractivity contribution in [3.63, 3.8) is 0 Å². The minimum absolute atomic E-state index is 0.0921. The molecule has 0 amide bonds. The van der Waals surface area contributed by atoms with Crippen LogP contribution in [0.4, 0.5) is 5.69 Å². The lowest BCUT2D eigenvalue weighted by atomic mass is 10.1. The quantitative estimate of drug-likeness (QED) is 0.757. The van der Waals surface area contributed by atoms with Crippen LogP contribution in [-0.2, 0) is 16.4 Å². The molecule has 0 aliphatic carbocycles. The summed E-state index contributed by atoms with van der Waals surface area (Å²) in [6, 6.07) is 10.7. The lowest BCUT2D eigenvalue weighted by molar-refractivity contribution is 0.0697. The van der Waals surface area contributed by atoms with E-state index in [-0.39, 0.29) is 10.5 Å². The first kappa shape index (κ1) is 17.4. The molecule has 8 heteroatoms. The van der Waals surface area contributed by atoms with Crippen LogP contribution in [0.25, 0.3) is 0 Å². The summed E-state index contributed by atoms with van der Waals surface area (Å²) in [5.74, 6) is -1.06. The third kappa shape index (κ3) is 3.80. The number of benzene rings is 2. The Morgan fingerprint density at radius 1 is 1.16 bits per heavy atom. The second-order valence-corrected chi connectivity index (χ2v) is 8.23. The molecule has 0 fully saturated rings. The van der Waals surface area contributed by atoms with Gasteiger partial charge < -0.3 is 10.8 Å². The van der Waals surface area contributed by atoms with Crippen molar-refractivity contribution in [3.05, 3.63) is 64.7 Å². The Kier molecular flexibility index (Phi) is 4.73. The Labute approximate surface area is 149 Å². The molecule has 1 heterocycles. The van der Waals surface area contributed by atoms with E-state index < -0.39 is 16.0 Å². The van der Waals surface area contributed by atoms with E-state index in [2.05, 4.69) is 4.72 Å². The van der Waals surface area contributed by atoms with Crippen LogP contribution < -0.4 is 10.5 Å². The number of rotatable bonds is 4. The largest absolute Gasteiger partial charge is 0.478 e. The first-order chi connectivity index (χ1) is 11.9. The van der Waals surface area contributed by atoms with Gasteiger partial charge >= 0.3 is 5.97 Å². The number of aromatic carboxylic acids is 1. The van der Waals surface area contributed by atoms with Gasteiger partial charge in [0.25, 0.3) is 10.0 Å². The van der Waals surface area contributed by atoms with Gasteiger partial charge in [0.05, 0.1) is 15.5 Å². The van der Waals surface area contributed by atoms with Crippen LogP contribution in [0.2, 0.25) is 0 Å². The van der Waals surface area contributed by atoms with E-state index in [1.54, 1.807) is 12.1 Å². The van der Waals surface area contributed by atoms with Gasteiger partial charge in [-0.15, -0.1) is 0 Å². The SMILES string of the molecule is NC1=CCCc2c(cccc2S(=O)(=O)Nc2ccc(C(=O)O)cc2)S1. The number of allylic oxidation sites excluding steroid dienone is 1. The van der Waals surface area contributed by atoms with E-state index in [9.17, 15) is 13.2 Å². The van der Waals surface area contributed by atoms with Crippen molar-refractivity contribution in [2.24, 2.45) is 5.73 Å². The summed E-state index contributed by atoms with van der Waals surface area (Å²) in [4.78, 5) is 11.9. The molecule has 2 aromatic rings. The van der Waals surface area contributed by atoms with E-state index in [0.717, 1.165) is 10.5 Å². The van der Waals surface area contributed by atoms with Crippen LogP contribution in [0.15, 0.2) is 63.4 Å². The maximum atomic E-state index is 12.8. The number of carboxylic acids is 1. The average molecular weight is 376 g/mol. The Morgan fingerprint density at radius 2 is 1.88 bits per heavy atom. The minimum Gasteiger partial charge on any atom is -0.478 e. The van der Waals surface area contributed by atoms with E-state index in [0.29, 0.717) is 23.6 Å². The molecule has 0 unspecified atom stereocenters. The number of carbonyl (C=O) groups is 1. The van der Waals surface area contributed by atoms with Gasteiger partial charge in [0.15, 0.2) is 0 Å². The zero-order valence-corrected chi connectivity index (χ0v) is 14.7. The fraction of sp³-hybridized carbons (Fsp3) is 0.118. The molecule has 6 nitrogen and oxygen atoms in total. The minimum atomic E-state index is -3.80. The Balaban J connectivity index is 1.93. The van der Waals surface area contributed by atoms with E-state index in [1.165, 1.54) is 36.0 Å². The summed E-state index contributed by atoms with van der Waals surface area (Å²) < 4.78 is 28.1. The number of hydrogen-bond acceptors (Lipinski definition) is 5. The first-order valence-electron chi connectivity index (χ1n) is 7.48. The lowest BCUT2D eigenvalue weighted by Gasteiger charge is -2.14. The van der Waals surface area contributed by atoms with Gasteiger partial charge in [-0.05, 0) is 54.8 Å². The number of anilines is 1. The average Bonchev–Trinajstić information content (AvgIpc) is 2.75. The smallest absolute Gasteiger partial charge is 0.335 e. The Morgan fingerprint density at radius 3 is 2.56 bits per heavy atom. The zero-order chi connectivity index (χ0) is 18.0. The van der Waals surface area contributed by atoms with Crippen molar-refractivity contribution in [3.8, 4) is 0 Å². The van der Waals surface area contributed by atoms with Crippen LogP contribution in [0, 0.1) is 0 Å². The summed E-state index contributed by atoms with van der Waals surface area (Å²) in [6.07, 6.45) is 3.14. The molecule has 130 valence electrons. The normalized spacial score (nSPS) is 14.2. The number of nitrogens with one attached hydrogen (secondary N) is 1. The number of sulfonamides is 1. The summed E-state index contributed by atoms with van der Waals surface area (Å²) in [5.41, 5.74) is 7.02. The van der Waals surface area contributed by atoms with Crippen LogP contribution >= 0.6 is 11.8 Å². The third-order valence-corrected chi connectivity index (χ3v) is 6.20. The highest BCUT2D eigenvalue weighted by atomic mass is 32.2. The Bertz CT molecular complexity index is 951. The molecule has 25 heavy (non-hydrogen) atoms. The van der Waals surface area contributed by atoms with E-state index >= 15 is 0 Å². The molecule has 0 spiro atoms. The summed E-state index contributed by atoms with van der Waals surface area (Å²) in [7, 11) is -3.80. The van der Waals surface area contributed by atoms with Crippen molar-refractivity contribution in [1.29, 1.82) is 0 Å². The predicted molar refractivity (Wildman–Crippen MR) is 97.1 cm³/mol. The van der Waals surface area contributed by atoms with Crippen molar-refractivity contribution in [2.75, 3.05) is 4.72 Å². The summed E-state index contributed by atoms with van der Waals surface area (Å²) >= 11 is 1.36. The fourth-order valence-corrected chi connectivity index (χ4v) is 4.91. The number of carboxylic acid groups (broad SMARTS) is 1. The second kappa shape index (κ2) is 6.81. The lowest BCUT2D eigenvalue weighted by Crippen LogP contribution is -2.15. The molecule has 0 bridgehead atoms. The fourth-order valence-electron chi connectivity index (χ4n) is 2.56. The van der Waals surface area contributed by atoms with Crippen molar-refractivity contribution in [1.82, 2.24) is 0 Å². The van der Waals surface area contributed by atoms with Crippen molar-refractivity contribution >= 4 is 33.4 Å². The van der Waals surface area contributed by atoms with Gasteiger partial charge in [0, 0.05) is 10.6 Å². The molecule has 1 aliphatic heterocycles. The highest BCUT2D eigenvalue weighted by Gasteiger charge is 2.22. The highest BCUT2D eigenvalue weighted by Crippen LogP contribution is 2.35. The van der Waals surface area contributed by atoms with Crippen LogP contribution in [-0.4, -0.2) is 19.5 Å². The third-order valence-electron chi connectivity index (χ3n) is 3.73. The van der Waals surface area contributed by atoms with Gasteiger partial charge in [0.2, 0.25) is 0 Å². The van der Waals surface area contributed by atoms with Crippen LogP contribution in [0.3, 0.4) is 0 Å². The maximum absolute atomic E-state index is 12.8. The maximum Gasteiger partial charge on any atom is 0.335 e. The van der Waals surface area contributed by atoms with Gasteiger partial charge in [-0.1, -0.05) is 23.9 Å². The second-order valence-electron chi connectivity index (χ2n) is 5.47. The van der Waals surface area contributed by atoms with Gasteiger partial charge in [0.1, 0.15) is 0 Å². The van der Waals surface area contributed by atoms with Crippen molar-refractivity contribution < 1.29 is 18.3 Å². The first-order valence-corrected chi connectivity index (χ1v) is 9.78. The summed E-state index contributed by atoms with van der Waals surface area (Å²) in [5, 5.41) is 9.57. The standard InChI is InChI=1S/C17H16N2O4S2/c18-16-6-1-3-13-14(24-16)4-2-5-15(13)25(22,23)19-12-9-7-11(8-10-12)17(20)21/h2,4-10,19H,1,3,18H2,(H,20,21). The molecular weight excluding hydrogens is 360 g/mol. The number of nitrogens with two attached hydrogens (primary N) is 1. The number of thioether (sulfide) groups is 1. The monoisotopic (exact) mass is 376 g/mol. The molecule has 0 saturated carbocycles. The molecule has 1 aliphatic rings. The Hall–Kier alpha value is -2.45. The van der Waals surface area contributed by atoms with Crippen LogP contribution in [0.1, 0.15) is 22.3 Å².